The van der Waals surface area contributed by atoms with Crippen LogP contribution in [-0.4, -0.2) is 35.1 Å². The number of halogens is 3. The van der Waals surface area contributed by atoms with Gasteiger partial charge in [0.1, 0.15) is 11.0 Å². The lowest BCUT2D eigenvalue weighted by Crippen LogP contribution is -2.40. The lowest BCUT2D eigenvalue weighted by atomic mass is 10.2. The lowest BCUT2D eigenvalue weighted by Gasteiger charge is -2.13. The molecular weight excluding hydrogens is 325 g/mol. The van der Waals surface area contributed by atoms with Crippen molar-refractivity contribution in [3.05, 3.63) is 16.5 Å². The van der Waals surface area contributed by atoms with Crippen LogP contribution in [0.2, 0.25) is 0 Å². The quantitative estimate of drug-likeness (QED) is 0.766. The number of hydrogen-bond acceptors (Lipinski definition) is 4. The van der Waals surface area contributed by atoms with Crippen LogP contribution >= 0.6 is 11.3 Å². The third kappa shape index (κ3) is 4.45. The van der Waals surface area contributed by atoms with Gasteiger partial charge in [0.2, 0.25) is 0 Å². The van der Waals surface area contributed by atoms with E-state index in [1.54, 1.807) is 12.2 Å². The molecule has 0 aliphatic heterocycles. The maximum atomic E-state index is 12.3. The van der Waals surface area contributed by atoms with E-state index in [2.05, 4.69) is 5.32 Å². The molecule has 0 saturated heterocycles. The summed E-state index contributed by atoms with van der Waals surface area (Å²) in [5.41, 5.74) is -0.209. The predicted octanol–water partition coefficient (Wildman–Crippen LogP) is 2.15. The molecule has 6 nitrogen and oxygen atoms in total. The first-order valence-electron chi connectivity index (χ1n) is 6.08. The van der Waals surface area contributed by atoms with Gasteiger partial charge < -0.3 is 15.7 Å². The molecule has 0 bridgehead atoms. The summed E-state index contributed by atoms with van der Waals surface area (Å²) in [6.07, 6.45) is -4.98. The van der Waals surface area contributed by atoms with E-state index in [1.165, 1.54) is 13.0 Å². The van der Waals surface area contributed by atoms with Crippen molar-refractivity contribution in [1.29, 1.82) is 0 Å². The smallest absolute Gasteiger partial charge is 0.471 e. The average molecular weight is 338 g/mol. The van der Waals surface area contributed by atoms with Crippen LogP contribution in [0.4, 0.5) is 18.2 Å². The molecule has 122 valence electrons. The van der Waals surface area contributed by atoms with E-state index in [9.17, 15) is 27.6 Å². The molecule has 1 aromatic heterocycles. The number of aliphatic carboxylic acids is 1. The van der Waals surface area contributed by atoms with E-state index < -0.39 is 30.0 Å². The van der Waals surface area contributed by atoms with Crippen molar-refractivity contribution in [3.8, 4) is 0 Å². The number of nitrogens with one attached hydrogen (secondary N) is 2. The largest absolute Gasteiger partial charge is 0.480 e. The molecule has 1 heterocycles. The fraction of sp³-hybridized carbons (Fsp3) is 0.417. The molecule has 0 spiro atoms. The van der Waals surface area contributed by atoms with Gasteiger partial charge >= 0.3 is 18.1 Å². The van der Waals surface area contributed by atoms with Crippen LogP contribution in [-0.2, 0) is 9.59 Å². The number of aryl methyl sites for hydroxylation is 1. The summed E-state index contributed by atoms with van der Waals surface area (Å²) in [6.45, 7) is 3.07. The van der Waals surface area contributed by atoms with Gasteiger partial charge in [0.15, 0.2) is 0 Å². The van der Waals surface area contributed by atoms with Crippen molar-refractivity contribution in [1.82, 2.24) is 5.32 Å². The summed E-state index contributed by atoms with van der Waals surface area (Å²) in [6, 6.07) is 0.111. The highest BCUT2D eigenvalue weighted by atomic mass is 32.1. The minimum Gasteiger partial charge on any atom is -0.480 e. The van der Waals surface area contributed by atoms with Gasteiger partial charge in [-0.3, -0.25) is 9.59 Å². The fourth-order valence-electron chi connectivity index (χ4n) is 1.52. The second-order valence-electron chi connectivity index (χ2n) is 4.32. The standard InChI is InChI=1S/C12H13F3N2O4S/c1-3-7(10(19)20)16-8(18)6-4-5(2)22-9(6)17-11(21)12(13,14)15/h4,7H,3H2,1-2H3,(H,16,18)(H,17,21)(H,19,20). The molecule has 3 N–H and O–H groups in total. The summed E-state index contributed by atoms with van der Waals surface area (Å²) < 4.78 is 36.8. The molecule has 1 rings (SSSR count). The number of hydrogen-bond donors (Lipinski definition) is 3. The first-order valence-corrected chi connectivity index (χ1v) is 6.90. The molecular formula is C12H13F3N2O4S. The molecule has 2 amide bonds. The average Bonchev–Trinajstić information content (AvgIpc) is 2.75. The monoisotopic (exact) mass is 338 g/mol. The number of anilines is 1. The number of amides is 2. The van der Waals surface area contributed by atoms with Crippen LogP contribution in [0.3, 0.4) is 0 Å². The van der Waals surface area contributed by atoms with E-state index in [4.69, 9.17) is 5.11 Å². The van der Waals surface area contributed by atoms with Crippen molar-refractivity contribution in [3.63, 3.8) is 0 Å². The lowest BCUT2D eigenvalue weighted by molar-refractivity contribution is -0.167. The first kappa shape index (κ1) is 18.0. The number of thiophene rings is 1. The van der Waals surface area contributed by atoms with Crippen molar-refractivity contribution in [2.24, 2.45) is 0 Å². The van der Waals surface area contributed by atoms with Crippen LogP contribution in [0, 0.1) is 6.92 Å². The van der Waals surface area contributed by atoms with E-state index in [-0.39, 0.29) is 17.0 Å². The maximum Gasteiger partial charge on any atom is 0.471 e. The zero-order chi connectivity index (χ0) is 17.1. The number of rotatable bonds is 5. The maximum absolute atomic E-state index is 12.3. The van der Waals surface area contributed by atoms with Gasteiger partial charge in [-0.1, -0.05) is 6.92 Å². The summed E-state index contributed by atoms with van der Waals surface area (Å²) >= 11 is 0.790. The third-order valence-electron chi connectivity index (χ3n) is 2.60. The van der Waals surface area contributed by atoms with Gasteiger partial charge in [-0.2, -0.15) is 13.2 Å². The molecule has 0 fully saturated rings. The van der Waals surface area contributed by atoms with Crippen LogP contribution in [0.25, 0.3) is 0 Å². The Morgan fingerprint density at radius 3 is 2.41 bits per heavy atom. The number of carboxylic acids is 1. The number of alkyl halides is 3. The van der Waals surface area contributed by atoms with Gasteiger partial charge in [0.25, 0.3) is 5.91 Å². The van der Waals surface area contributed by atoms with E-state index in [0.717, 1.165) is 11.3 Å². The van der Waals surface area contributed by atoms with Gasteiger partial charge in [0.05, 0.1) is 5.56 Å². The normalized spacial score (nSPS) is 12.6. The zero-order valence-electron chi connectivity index (χ0n) is 11.6. The van der Waals surface area contributed by atoms with Gasteiger partial charge in [0, 0.05) is 4.88 Å². The molecule has 0 radical (unpaired) electrons. The summed E-state index contributed by atoms with van der Waals surface area (Å²) in [7, 11) is 0. The Bertz CT molecular complexity index is 598. The van der Waals surface area contributed by atoms with Crippen LogP contribution in [0.1, 0.15) is 28.6 Å². The Kier molecular flexibility index (Phi) is 5.53. The second-order valence-corrected chi connectivity index (χ2v) is 5.58. The molecule has 0 aliphatic rings. The molecule has 10 heteroatoms. The number of carboxylic acid groups (broad SMARTS) is 1. The molecule has 1 atom stereocenters. The Morgan fingerprint density at radius 1 is 1.36 bits per heavy atom. The Balaban J connectivity index is 2.98. The van der Waals surface area contributed by atoms with Crippen molar-refractivity contribution >= 4 is 34.1 Å². The molecule has 22 heavy (non-hydrogen) atoms. The Morgan fingerprint density at radius 2 is 1.95 bits per heavy atom. The first-order chi connectivity index (χ1) is 10.1. The van der Waals surface area contributed by atoms with Crippen LogP contribution < -0.4 is 10.6 Å². The van der Waals surface area contributed by atoms with E-state index >= 15 is 0 Å². The highest BCUT2D eigenvalue weighted by molar-refractivity contribution is 7.16. The van der Waals surface area contributed by atoms with E-state index in [0.29, 0.717) is 4.88 Å². The summed E-state index contributed by atoms with van der Waals surface area (Å²) in [4.78, 5) is 34.3. The molecule has 1 aromatic rings. The van der Waals surface area contributed by atoms with E-state index in [1.807, 2.05) is 0 Å². The zero-order valence-corrected chi connectivity index (χ0v) is 12.4. The van der Waals surface area contributed by atoms with Crippen molar-refractivity contribution in [2.45, 2.75) is 32.5 Å². The highest BCUT2D eigenvalue weighted by Crippen LogP contribution is 2.29. The molecule has 0 saturated carbocycles. The second kappa shape index (κ2) is 6.77. The topological polar surface area (TPSA) is 95.5 Å². The Labute approximate surface area is 127 Å². The minimum atomic E-state index is -5.08. The van der Waals surface area contributed by atoms with Gasteiger partial charge in [-0.15, -0.1) is 11.3 Å². The molecule has 1 unspecified atom stereocenters. The SMILES string of the molecule is CCC(NC(=O)c1cc(C)sc1NC(=O)C(F)(F)F)C(=O)O. The van der Waals surface area contributed by atoms with Crippen LogP contribution in [0.5, 0.6) is 0 Å². The van der Waals surface area contributed by atoms with Crippen LogP contribution in [0.15, 0.2) is 6.07 Å². The summed E-state index contributed by atoms with van der Waals surface area (Å²) in [5.74, 6) is -4.33. The molecule has 0 aliphatic carbocycles. The highest BCUT2D eigenvalue weighted by Gasteiger charge is 2.39. The van der Waals surface area contributed by atoms with Crippen molar-refractivity contribution in [2.75, 3.05) is 5.32 Å². The number of carbonyl (C=O) groups excluding carboxylic acids is 2. The fourth-order valence-corrected chi connectivity index (χ4v) is 2.43. The predicted molar refractivity (Wildman–Crippen MR) is 72.9 cm³/mol. The van der Waals surface area contributed by atoms with Gasteiger partial charge in [-0.05, 0) is 19.4 Å². The number of carbonyl (C=O) groups is 3. The minimum absolute atomic E-state index is 0.106. The third-order valence-corrected chi connectivity index (χ3v) is 3.56. The summed E-state index contributed by atoms with van der Waals surface area (Å²) in [5, 5.41) is 12.4. The Hall–Kier alpha value is -2.10. The van der Waals surface area contributed by atoms with Gasteiger partial charge in [-0.25, -0.2) is 4.79 Å². The van der Waals surface area contributed by atoms with Crippen molar-refractivity contribution < 1.29 is 32.7 Å². The molecule has 0 aromatic carbocycles.